The second-order valence-corrected chi connectivity index (χ2v) is 6.24. The second-order valence-electron chi connectivity index (χ2n) is 4.85. The Bertz CT molecular complexity index is 1050. The molecule has 10 heteroatoms. The third kappa shape index (κ3) is 3.91. The maximum atomic E-state index is 11.1. The first-order valence-corrected chi connectivity index (χ1v) is 8.14. The van der Waals surface area contributed by atoms with Crippen molar-refractivity contribution in [1.29, 1.82) is 0 Å². The molecule has 0 aliphatic heterocycles. The summed E-state index contributed by atoms with van der Waals surface area (Å²) < 4.78 is 30.3. The van der Waals surface area contributed by atoms with Crippen LogP contribution in [-0.2, 0) is 10.1 Å². The molecule has 9 nitrogen and oxygen atoms in total. The van der Waals surface area contributed by atoms with Crippen molar-refractivity contribution in [2.45, 2.75) is 18.7 Å². The third-order valence-electron chi connectivity index (χ3n) is 3.19. The van der Waals surface area contributed by atoms with Crippen LogP contribution in [0.5, 0.6) is 0 Å². The van der Waals surface area contributed by atoms with E-state index in [-0.39, 0.29) is 27.6 Å². The van der Waals surface area contributed by atoms with E-state index >= 15 is 0 Å². The summed E-state index contributed by atoms with van der Waals surface area (Å²) in [5.74, 6) is 0.0491. The number of nitrogens with two attached hydrogens (primary N) is 1. The minimum absolute atomic E-state index is 0.0116. The lowest BCUT2D eigenvalue weighted by Gasteiger charge is -2.03. The van der Waals surface area contributed by atoms with Gasteiger partial charge in [0, 0.05) is 12.4 Å². The molecule has 0 aliphatic carbocycles. The van der Waals surface area contributed by atoms with E-state index in [2.05, 4.69) is 19.9 Å². The lowest BCUT2D eigenvalue weighted by atomic mass is 10.1. The molecule has 24 heavy (non-hydrogen) atoms. The normalized spacial score (nSPS) is 11.0. The molecule has 0 aliphatic rings. The molecule has 0 spiro atoms. The molecule has 2 aromatic heterocycles. The van der Waals surface area contributed by atoms with Gasteiger partial charge in [-0.25, -0.2) is 9.97 Å². The molecule has 0 saturated heterocycles. The van der Waals surface area contributed by atoms with Gasteiger partial charge in [-0.1, -0.05) is 12.1 Å². The average Bonchev–Trinajstić information content (AvgIpc) is 2.49. The van der Waals surface area contributed by atoms with Crippen LogP contribution >= 0.6 is 0 Å². The van der Waals surface area contributed by atoms with E-state index in [4.69, 9.17) is 10.3 Å². The van der Waals surface area contributed by atoms with Gasteiger partial charge in [-0.3, -0.25) is 14.3 Å². The zero-order chi connectivity index (χ0) is 17.9. The van der Waals surface area contributed by atoms with Crippen molar-refractivity contribution in [3.63, 3.8) is 0 Å². The van der Waals surface area contributed by atoms with Crippen LogP contribution in [0.4, 0.5) is 5.95 Å². The summed E-state index contributed by atoms with van der Waals surface area (Å²) >= 11 is 0. The summed E-state index contributed by atoms with van der Waals surface area (Å²) in [5.41, 5.74) is 6.83. The SMILES string of the molecule is Cc1cccc(S(=O)(=O)O)c1C.Nc1nc2nccnc2c(=O)[nH]1. The zero-order valence-electron chi connectivity index (χ0n) is 12.9. The number of rotatable bonds is 1. The summed E-state index contributed by atoms with van der Waals surface area (Å²) in [7, 11) is -4.06. The summed E-state index contributed by atoms with van der Waals surface area (Å²) in [6, 6.07) is 4.78. The molecule has 0 atom stereocenters. The number of anilines is 1. The van der Waals surface area contributed by atoms with E-state index in [0.717, 1.165) is 5.56 Å². The highest BCUT2D eigenvalue weighted by atomic mass is 32.2. The molecule has 0 bridgehead atoms. The fraction of sp³-hybridized carbons (Fsp3) is 0.143. The largest absolute Gasteiger partial charge is 0.369 e. The van der Waals surface area contributed by atoms with Gasteiger partial charge in [-0.15, -0.1) is 0 Å². The van der Waals surface area contributed by atoms with Gasteiger partial charge in [0.05, 0.1) is 4.90 Å². The van der Waals surface area contributed by atoms with Gasteiger partial charge in [-0.05, 0) is 31.0 Å². The van der Waals surface area contributed by atoms with Crippen molar-refractivity contribution >= 4 is 27.2 Å². The fourth-order valence-corrected chi connectivity index (χ4v) is 2.69. The van der Waals surface area contributed by atoms with Crippen LogP contribution in [0.25, 0.3) is 11.2 Å². The Morgan fingerprint density at radius 3 is 2.46 bits per heavy atom. The fourth-order valence-electron chi connectivity index (χ4n) is 1.89. The van der Waals surface area contributed by atoms with Gasteiger partial charge < -0.3 is 5.73 Å². The lowest BCUT2D eigenvalue weighted by molar-refractivity contribution is 0.482. The van der Waals surface area contributed by atoms with E-state index in [1.807, 2.05) is 0 Å². The quantitative estimate of drug-likeness (QED) is 0.547. The summed E-state index contributed by atoms with van der Waals surface area (Å²) in [5, 5.41) is 0. The first kappa shape index (κ1) is 17.5. The number of nitrogen functional groups attached to an aromatic ring is 1. The van der Waals surface area contributed by atoms with Crippen molar-refractivity contribution in [2.24, 2.45) is 0 Å². The van der Waals surface area contributed by atoms with Gasteiger partial charge in [0.25, 0.3) is 15.7 Å². The van der Waals surface area contributed by atoms with E-state index in [9.17, 15) is 13.2 Å². The number of benzene rings is 1. The molecule has 126 valence electrons. The highest BCUT2D eigenvalue weighted by Crippen LogP contribution is 2.17. The zero-order valence-corrected chi connectivity index (χ0v) is 13.7. The molecule has 0 unspecified atom stereocenters. The minimum atomic E-state index is -4.06. The van der Waals surface area contributed by atoms with Crippen LogP contribution in [0, 0.1) is 13.8 Å². The third-order valence-corrected chi connectivity index (χ3v) is 4.19. The van der Waals surface area contributed by atoms with Crippen molar-refractivity contribution < 1.29 is 13.0 Å². The smallest absolute Gasteiger partial charge is 0.294 e. The molecule has 2 heterocycles. The summed E-state index contributed by atoms with van der Waals surface area (Å²) in [6.45, 7) is 3.46. The predicted molar refractivity (Wildman–Crippen MR) is 88.1 cm³/mol. The molecule has 3 rings (SSSR count). The number of H-pyrrole nitrogens is 1. The Labute approximate surface area is 137 Å². The Kier molecular flexibility index (Phi) is 4.90. The highest BCUT2D eigenvalue weighted by molar-refractivity contribution is 7.85. The number of aryl methyl sites for hydroxylation is 1. The van der Waals surface area contributed by atoms with Crippen LogP contribution in [0.2, 0.25) is 0 Å². The Morgan fingerprint density at radius 1 is 1.17 bits per heavy atom. The van der Waals surface area contributed by atoms with Gasteiger partial charge >= 0.3 is 0 Å². The summed E-state index contributed by atoms with van der Waals surface area (Å²) in [6.07, 6.45) is 2.88. The van der Waals surface area contributed by atoms with Crippen LogP contribution in [0.3, 0.4) is 0 Å². The van der Waals surface area contributed by atoms with Crippen molar-refractivity contribution in [2.75, 3.05) is 5.73 Å². The van der Waals surface area contributed by atoms with E-state index in [1.54, 1.807) is 26.0 Å². The molecule has 0 fully saturated rings. The van der Waals surface area contributed by atoms with Crippen LogP contribution in [0.1, 0.15) is 11.1 Å². The molecule has 0 radical (unpaired) electrons. The lowest BCUT2D eigenvalue weighted by Crippen LogP contribution is -2.12. The van der Waals surface area contributed by atoms with E-state index in [0.29, 0.717) is 5.56 Å². The van der Waals surface area contributed by atoms with Crippen LogP contribution in [-0.4, -0.2) is 32.9 Å². The standard InChI is InChI=1S/C8H10O3S.C6H5N5O/c1-6-4-3-5-8(7(6)2)12(9,10)11;7-6-10-4-3(5(12)11-6)8-1-2-9-4/h3-5H,1-2H3,(H,9,10,11);1-2H,(H3,7,9,10,11,12). The molecule has 0 amide bonds. The number of hydrogen-bond donors (Lipinski definition) is 3. The summed E-state index contributed by atoms with van der Waals surface area (Å²) in [4.78, 5) is 24.8. The van der Waals surface area contributed by atoms with Gasteiger partial charge in [0.2, 0.25) is 5.95 Å². The minimum Gasteiger partial charge on any atom is -0.369 e. The maximum absolute atomic E-state index is 11.1. The van der Waals surface area contributed by atoms with Crippen molar-refractivity contribution in [3.05, 3.63) is 52.1 Å². The van der Waals surface area contributed by atoms with Gasteiger partial charge in [0.1, 0.15) is 0 Å². The Morgan fingerprint density at radius 2 is 1.83 bits per heavy atom. The molecule has 0 saturated carbocycles. The number of fused-ring (bicyclic) bond motifs is 1. The molecule has 1 aromatic carbocycles. The predicted octanol–water partition coefficient (Wildman–Crippen LogP) is 0.845. The number of hydrogen-bond acceptors (Lipinski definition) is 7. The Balaban J connectivity index is 0.000000174. The van der Waals surface area contributed by atoms with Crippen molar-refractivity contribution in [3.8, 4) is 0 Å². The van der Waals surface area contributed by atoms with Gasteiger partial charge in [-0.2, -0.15) is 13.4 Å². The molecular formula is C14H15N5O4S. The number of nitrogens with zero attached hydrogens (tertiary/aromatic N) is 3. The molecule has 4 N–H and O–H groups in total. The number of aromatic amines is 1. The molecule has 3 aromatic rings. The van der Waals surface area contributed by atoms with Crippen molar-refractivity contribution in [1.82, 2.24) is 19.9 Å². The monoisotopic (exact) mass is 349 g/mol. The maximum Gasteiger partial charge on any atom is 0.294 e. The van der Waals surface area contributed by atoms with Crippen LogP contribution in [0.15, 0.2) is 40.3 Å². The molecular weight excluding hydrogens is 334 g/mol. The first-order chi connectivity index (χ1) is 11.2. The average molecular weight is 349 g/mol. The first-order valence-electron chi connectivity index (χ1n) is 6.70. The van der Waals surface area contributed by atoms with Gasteiger partial charge in [0.15, 0.2) is 11.2 Å². The van der Waals surface area contributed by atoms with E-state index in [1.165, 1.54) is 18.5 Å². The highest BCUT2D eigenvalue weighted by Gasteiger charge is 2.12. The second kappa shape index (κ2) is 6.72. The van der Waals surface area contributed by atoms with Crippen LogP contribution < -0.4 is 11.3 Å². The van der Waals surface area contributed by atoms with E-state index < -0.39 is 10.1 Å². The number of nitrogens with one attached hydrogen (secondary N) is 1. The Hall–Kier alpha value is -2.85. The topological polar surface area (TPSA) is 152 Å². The number of aromatic nitrogens is 4.